The minimum absolute atomic E-state index is 0.0471. The monoisotopic (exact) mass is 428 g/mol. The van der Waals surface area contributed by atoms with Gasteiger partial charge in [0, 0.05) is 26.7 Å². The van der Waals surface area contributed by atoms with Crippen LogP contribution in [-0.4, -0.2) is 57.0 Å². The second-order valence-corrected chi connectivity index (χ2v) is 7.07. The summed E-state index contributed by atoms with van der Waals surface area (Å²) in [6.45, 7) is 3.16. The van der Waals surface area contributed by atoms with Gasteiger partial charge in [0.05, 0.1) is 25.0 Å². The molecule has 0 spiro atoms. The van der Waals surface area contributed by atoms with Gasteiger partial charge in [0.2, 0.25) is 11.8 Å². The molecule has 3 amide bonds. The van der Waals surface area contributed by atoms with Gasteiger partial charge in [-0.1, -0.05) is 6.07 Å². The maximum absolute atomic E-state index is 12.5. The first-order valence-electron chi connectivity index (χ1n) is 9.62. The molecular weight excluding hydrogens is 400 g/mol. The summed E-state index contributed by atoms with van der Waals surface area (Å²) >= 11 is 0. The number of hydrogen-bond acceptors (Lipinski definition) is 6. The van der Waals surface area contributed by atoms with Gasteiger partial charge in [-0.05, 0) is 42.8 Å². The predicted molar refractivity (Wildman–Crippen MR) is 120 cm³/mol. The Morgan fingerprint density at radius 1 is 0.968 bits per heavy atom. The lowest BCUT2D eigenvalue weighted by Gasteiger charge is -2.16. The summed E-state index contributed by atoms with van der Waals surface area (Å²) in [6, 6.07) is 10.4. The molecule has 0 aliphatic carbocycles. The third-order valence-corrected chi connectivity index (χ3v) is 4.22. The van der Waals surface area contributed by atoms with Crippen molar-refractivity contribution in [1.29, 1.82) is 0 Å². The van der Waals surface area contributed by atoms with E-state index in [1.54, 1.807) is 44.4 Å². The summed E-state index contributed by atoms with van der Waals surface area (Å²) in [5.41, 5.74) is 2.52. The van der Waals surface area contributed by atoms with Crippen LogP contribution < -0.4 is 25.4 Å². The first kappa shape index (κ1) is 23.5. The molecule has 3 N–H and O–H groups in total. The highest BCUT2D eigenvalue weighted by Gasteiger charge is 2.12. The molecule has 0 aromatic heterocycles. The number of anilines is 3. The molecule has 0 aliphatic heterocycles. The number of carbonyl (C=O) groups is 3. The van der Waals surface area contributed by atoms with Crippen molar-refractivity contribution in [2.24, 2.45) is 0 Å². The molecule has 2 aromatic rings. The van der Waals surface area contributed by atoms with Crippen LogP contribution >= 0.6 is 0 Å². The molecule has 0 saturated heterocycles. The molecular formula is C22H28N4O5. The van der Waals surface area contributed by atoms with E-state index in [9.17, 15) is 14.4 Å². The summed E-state index contributed by atoms with van der Waals surface area (Å²) in [5.74, 6) is 0.228. The number of likely N-dealkylation sites (N-methyl/N-ethyl adjacent to an activating group) is 1. The van der Waals surface area contributed by atoms with Crippen LogP contribution in [0.15, 0.2) is 36.4 Å². The summed E-state index contributed by atoms with van der Waals surface area (Å²) < 4.78 is 10.9. The van der Waals surface area contributed by atoms with Crippen molar-refractivity contribution in [3.8, 4) is 11.5 Å². The van der Waals surface area contributed by atoms with E-state index in [0.717, 1.165) is 5.56 Å². The Bertz CT molecular complexity index is 959. The first-order valence-corrected chi connectivity index (χ1v) is 9.62. The van der Waals surface area contributed by atoms with Gasteiger partial charge in [-0.2, -0.15) is 0 Å². The molecule has 2 rings (SSSR count). The van der Waals surface area contributed by atoms with Gasteiger partial charge in [-0.3, -0.25) is 14.4 Å². The highest BCUT2D eigenvalue weighted by molar-refractivity contribution is 5.97. The number of carbonyl (C=O) groups excluding carboxylic acids is 3. The lowest BCUT2D eigenvalue weighted by molar-refractivity contribution is -0.130. The summed E-state index contributed by atoms with van der Waals surface area (Å²) in [5, 5.41) is 8.45. The Labute approximate surface area is 181 Å². The number of aryl methyl sites for hydroxylation is 1. The second kappa shape index (κ2) is 10.9. The normalized spacial score (nSPS) is 10.1. The van der Waals surface area contributed by atoms with Crippen LogP contribution in [-0.2, 0) is 14.4 Å². The van der Waals surface area contributed by atoms with Crippen molar-refractivity contribution in [2.45, 2.75) is 13.8 Å². The summed E-state index contributed by atoms with van der Waals surface area (Å²) in [6.07, 6.45) is 0. The first-order chi connectivity index (χ1) is 14.7. The van der Waals surface area contributed by atoms with Gasteiger partial charge in [-0.25, -0.2) is 0 Å². The van der Waals surface area contributed by atoms with Gasteiger partial charge >= 0.3 is 0 Å². The van der Waals surface area contributed by atoms with Crippen LogP contribution in [0.5, 0.6) is 11.5 Å². The van der Waals surface area contributed by atoms with Crippen LogP contribution in [0.2, 0.25) is 0 Å². The molecule has 0 bridgehead atoms. The molecule has 0 heterocycles. The molecule has 0 unspecified atom stereocenters. The van der Waals surface area contributed by atoms with E-state index < -0.39 is 0 Å². The third kappa shape index (κ3) is 7.22. The predicted octanol–water partition coefficient (Wildman–Crippen LogP) is 2.48. The SMILES string of the molecule is COc1ccc(NC(C)=O)cc1NC(=O)CNc1ccc(C)cc1OCC(=O)N(C)C. The zero-order valence-electron chi connectivity index (χ0n) is 18.4. The Kier molecular flexibility index (Phi) is 8.25. The average Bonchev–Trinajstić information content (AvgIpc) is 2.71. The smallest absolute Gasteiger partial charge is 0.259 e. The number of benzene rings is 2. The minimum atomic E-state index is -0.325. The average molecular weight is 428 g/mol. The molecule has 0 saturated carbocycles. The number of nitrogens with zero attached hydrogens (tertiary/aromatic N) is 1. The van der Waals surface area contributed by atoms with Crippen LogP contribution in [0.25, 0.3) is 0 Å². The Hall–Kier alpha value is -3.75. The van der Waals surface area contributed by atoms with Crippen molar-refractivity contribution in [2.75, 3.05) is 50.3 Å². The lowest BCUT2D eigenvalue weighted by atomic mass is 10.2. The Balaban J connectivity index is 2.06. The minimum Gasteiger partial charge on any atom is -0.495 e. The number of methoxy groups -OCH3 is 1. The molecule has 31 heavy (non-hydrogen) atoms. The van der Waals surface area contributed by atoms with Gasteiger partial charge < -0.3 is 30.3 Å². The van der Waals surface area contributed by atoms with E-state index in [0.29, 0.717) is 28.6 Å². The standard InChI is InChI=1S/C22H28N4O5/c1-14-6-8-17(20(10-14)31-13-22(29)26(3)4)23-12-21(28)25-18-11-16(24-15(2)27)7-9-19(18)30-5/h6-11,23H,12-13H2,1-5H3,(H,24,27)(H,25,28). The molecule has 9 heteroatoms. The fraction of sp³-hybridized carbons (Fsp3) is 0.318. The Morgan fingerprint density at radius 2 is 1.71 bits per heavy atom. The van der Waals surface area contributed by atoms with Gasteiger partial charge in [0.1, 0.15) is 11.5 Å². The van der Waals surface area contributed by atoms with Crippen LogP contribution in [0.1, 0.15) is 12.5 Å². The zero-order valence-corrected chi connectivity index (χ0v) is 18.4. The van der Waals surface area contributed by atoms with E-state index in [4.69, 9.17) is 9.47 Å². The number of hydrogen-bond donors (Lipinski definition) is 3. The molecule has 9 nitrogen and oxygen atoms in total. The van der Waals surface area contributed by atoms with Gasteiger partial charge in [0.25, 0.3) is 5.91 Å². The highest BCUT2D eigenvalue weighted by Crippen LogP contribution is 2.28. The Morgan fingerprint density at radius 3 is 2.35 bits per heavy atom. The topological polar surface area (TPSA) is 109 Å². The maximum atomic E-state index is 12.5. The maximum Gasteiger partial charge on any atom is 0.259 e. The lowest BCUT2D eigenvalue weighted by Crippen LogP contribution is -2.28. The van der Waals surface area contributed by atoms with E-state index in [1.807, 2.05) is 13.0 Å². The van der Waals surface area contributed by atoms with Crippen molar-refractivity contribution >= 4 is 34.8 Å². The van der Waals surface area contributed by atoms with Crippen LogP contribution in [0.4, 0.5) is 17.1 Å². The van der Waals surface area contributed by atoms with Crippen LogP contribution in [0, 0.1) is 6.92 Å². The summed E-state index contributed by atoms with van der Waals surface area (Å²) in [7, 11) is 4.80. The third-order valence-electron chi connectivity index (χ3n) is 4.22. The number of rotatable bonds is 9. The van der Waals surface area contributed by atoms with E-state index in [-0.39, 0.29) is 30.9 Å². The number of amides is 3. The largest absolute Gasteiger partial charge is 0.495 e. The fourth-order valence-electron chi connectivity index (χ4n) is 2.62. The van der Waals surface area contributed by atoms with Crippen LogP contribution in [0.3, 0.4) is 0 Å². The van der Waals surface area contributed by atoms with Gasteiger partial charge in [0.15, 0.2) is 6.61 Å². The van der Waals surface area contributed by atoms with Crippen molar-refractivity contribution in [3.63, 3.8) is 0 Å². The summed E-state index contributed by atoms with van der Waals surface area (Å²) in [4.78, 5) is 37.0. The molecule has 0 radical (unpaired) electrons. The number of ether oxygens (including phenoxy) is 2. The molecule has 0 aliphatic rings. The van der Waals surface area contributed by atoms with Crippen molar-refractivity contribution in [1.82, 2.24) is 4.90 Å². The second-order valence-electron chi connectivity index (χ2n) is 7.07. The molecule has 166 valence electrons. The molecule has 0 atom stereocenters. The quantitative estimate of drug-likeness (QED) is 0.566. The fourth-order valence-corrected chi connectivity index (χ4v) is 2.62. The van der Waals surface area contributed by atoms with E-state index in [1.165, 1.54) is 18.9 Å². The van der Waals surface area contributed by atoms with E-state index in [2.05, 4.69) is 16.0 Å². The molecule has 2 aromatic carbocycles. The van der Waals surface area contributed by atoms with Crippen molar-refractivity contribution in [3.05, 3.63) is 42.0 Å². The van der Waals surface area contributed by atoms with Crippen molar-refractivity contribution < 1.29 is 23.9 Å². The van der Waals surface area contributed by atoms with E-state index >= 15 is 0 Å². The zero-order chi connectivity index (χ0) is 23.0. The number of nitrogens with one attached hydrogen (secondary N) is 3. The highest BCUT2D eigenvalue weighted by atomic mass is 16.5. The van der Waals surface area contributed by atoms with Gasteiger partial charge in [-0.15, -0.1) is 0 Å². The molecule has 0 fully saturated rings.